The van der Waals surface area contributed by atoms with Crippen LogP contribution in [0.2, 0.25) is 0 Å². The van der Waals surface area contributed by atoms with Crippen molar-refractivity contribution in [3.05, 3.63) is 12.2 Å². The van der Waals surface area contributed by atoms with Gasteiger partial charge in [-0.1, -0.05) is 6.58 Å². The Morgan fingerprint density at radius 2 is 1.62 bits per heavy atom. The predicted molar refractivity (Wildman–Crippen MR) is 53.3 cm³/mol. The molecule has 1 atom stereocenters. The number of halogens is 3. The third kappa shape index (κ3) is 7.67. The second-order valence-corrected chi connectivity index (χ2v) is 3.06. The van der Waals surface area contributed by atoms with Crippen molar-refractivity contribution in [2.45, 2.75) is 19.6 Å². The Morgan fingerprint density at radius 1 is 1.12 bits per heavy atom. The van der Waals surface area contributed by atoms with E-state index < -0.39 is 26.0 Å². The Hall–Kier alpha value is -0.590. The summed E-state index contributed by atoms with van der Waals surface area (Å²) >= 11 is 0. The summed E-state index contributed by atoms with van der Waals surface area (Å²) in [4.78, 5) is 0. The summed E-state index contributed by atoms with van der Waals surface area (Å²) in [6, 6.07) is 0. The van der Waals surface area contributed by atoms with Crippen molar-refractivity contribution >= 4 is 0 Å². The van der Waals surface area contributed by atoms with Crippen LogP contribution in [0.15, 0.2) is 12.2 Å². The van der Waals surface area contributed by atoms with E-state index in [0.29, 0.717) is 5.57 Å². The van der Waals surface area contributed by atoms with Gasteiger partial charge >= 0.3 is 0 Å². The lowest BCUT2D eigenvalue weighted by Crippen LogP contribution is -2.26. The maximum absolute atomic E-state index is 13.0. The minimum absolute atomic E-state index is 0.249. The number of rotatable bonds is 10. The van der Waals surface area contributed by atoms with Gasteiger partial charge in [0.15, 0.2) is 0 Å². The summed E-state index contributed by atoms with van der Waals surface area (Å²) < 4.78 is 51.0. The molecule has 0 heterocycles. The third-order valence-corrected chi connectivity index (χ3v) is 1.58. The monoisotopic (exact) mass is 242 g/mol. The lowest BCUT2D eigenvalue weighted by Gasteiger charge is -2.18. The second-order valence-electron chi connectivity index (χ2n) is 3.06. The zero-order valence-electron chi connectivity index (χ0n) is 9.26. The van der Waals surface area contributed by atoms with Crippen LogP contribution in [0.1, 0.15) is 6.92 Å². The molecule has 0 bridgehead atoms. The Bertz CT molecular complexity index is 182. The van der Waals surface area contributed by atoms with E-state index in [1.54, 1.807) is 0 Å². The van der Waals surface area contributed by atoms with Crippen LogP contribution >= 0.6 is 0 Å². The van der Waals surface area contributed by atoms with Crippen LogP contribution in [0.5, 0.6) is 0 Å². The van der Waals surface area contributed by atoms with E-state index >= 15 is 0 Å². The normalized spacial score (nSPS) is 13.1. The molecule has 0 fully saturated rings. The molecule has 0 saturated heterocycles. The predicted octanol–water partition coefficient (Wildman–Crippen LogP) is 2.17. The maximum atomic E-state index is 13.0. The summed E-state index contributed by atoms with van der Waals surface area (Å²) in [5.74, 6) is 0. The number of alkyl halides is 3. The Kier molecular flexibility index (Phi) is 9.27. The molecule has 0 radical (unpaired) electrons. The van der Waals surface area contributed by atoms with Gasteiger partial charge in [0, 0.05) is 0 Å². The highest BCUT2D eigenvalue weighted by molar-refractivity contribution is 4.96. The zero-order chi connectivity index (χ0) is 12.4. The minimum Gasteiger partial charge on any atom is -0.327 e. The first-order chi connectivity index (χ1) is 7.61. The Morgan fingerprint density at radius 3 is 2.00 bits per heavy atom. The van der Waals surface area contributed by atoms with Crippen LogP contribution in [0.3, 0.4) is 0 Å². The van der Waals surface area contributed by atoms with Crippen LogP contribution in [0.25, 0.3) is 0 Å². The molecule has 3 nitrogen and oxygen atoms in total. The lowest BCUT2D eigenvalue weighted by molar-refractivity contribution is -0.292. The molecular formula is C10H17F3O3. The molecule has 0 aliphatic heterocycles. The van der Waals surface area contributed by atoms with Crippen molar-refractivity contribution < 1.29 is 27.4 Å². The summed E-state index contributed by atoms with van der Waals surface area (Å²) in [5.41, 5.74) is 0.301. The largest absolute Gasteiger partial charge is 0.327 e. The van der Waals surface area contributed by atoms with E-state index in [1.165, 1.54) is 6.92 Å². The van der Waals surface area contributed by atoms with Crippen LogP contribution in [0.4, 0.5) is 13.2 Å². The first-order valence-electron chi connectivity index (χ1n) is 4.88. The number of ether oxygens (including phenoxy) is 3. The third-order valence-electron chi connectivity index (χ3n) is 1.58. The summed E-state index contributed by atoms with van der Waals surface area (Å²) in [6.45, 7) is 1.40. The number of hydrogen-bond donors (Lipinski definition) is 0. The molecule has 0 aromatic carbocycles. The average Bonchev–Trinajstić information content (AvgIpc) is 2.27. The van der Waals surface area contributed by atoms with Gasteiger partial charge in [-0.15, -0.1) is 0 Å². The first-order valence-corrected chi connectivity index (χ1v) is 4.88. The Balaban J connectivity index is 3.84. The van der Waals surface area contributed by atoms with Gasteiger partial charge in [-0.25, -0.2) is 13.2 Å². The van der Waals surface area contributed by atoms with Gasteiger partial charge in [-0.3, -0.25) is 0 Å². The van der Waals surface area contributed by atoms with Gasteiger partial charge in [-0.05, 0) is 12.5 Å². The van der Waals surface area contributed by atoms with Gasteiger partial charge < -0.3 is 14.2 Å². The van der Waals surface area contributed by atoms with Crippen molar-refractivity contribution in [2.75, 3.05) is 33.2 Å². The highest BCUT2D eigenvalue weighted by atomic mass is 19.1. The van der Waals surface area contributed by atoms with E-state index in [4.69, 9.17) is 14.2 Å². The molecule has 0 aliphatic rings. The molecule has 6 heteroatoms. The quantitative estimate of drug-likeness (QED) is 0.434. The molecule has 0 aliphatic carbocycles. The van der Waals surface area contributed by atoms with E-state index in [-0.39, 0.29) is 19.8 Å². The lowest BCUT2D eigenvalue weighted by atomic mass is 10.2. The zero-order valence-corrected chi connectivity index (χ0v) is 9.26. The van der Waals surface area contributed by atoms with Crippen LogP contribution in [0, 0.1) is 0 Å². The molecule has 0 spiro atoms. The van der Waals surface area contributed by atoms with Crippen molar-refractivity contribution in [1.29, 1.82) is 0 Å². The molecule has 0 saturated carbocycles. The highest BCUT2D eigenvalue weighted by Crippen LogP contribution is 2.07. The molecule has 1 unspecified atom stereocenters. The van der Waals surface area contributed by atoms with E-state index in [1.807, 2.05) is 0 Å². The van der Waals surface area contributed by atoms with Crippen LogP contribution in [-0.4, -0.2) is 45.8 Å². The average molecular weight is 242 g/mol. The van der Waals surface area contributed by atoms with Crippen molar-refractivity contribution in [2.24, 2.45) is 0 Å². The van der Waals surface area contributed by atoms with E-state index in [0.717, 1.165) is 0 Å². The fourth-order valence-electron chi connectivity index (χ4n) is 0.731. The molecule has 96 valence electrons. The SMILES string of the molecule is C=C(C)C(F)COC(OCCF)OCCF. The number of hydrogen-bond acceptors (Lipinski definition) is 3. The fraction of sp³-hybridized carbons (Fsp3) is 0.800. The van der Waals surface area contributed by atoms with Crippen molar-refractivity contribution in [1.82, 2.24) is 0 Å². The summed E-state index contributed by atoms with van der Waals surface area (Å²) in [7, 11) is 0. The van der Waals surface area contributed by atoms with Gasteiger partial charge in [0.25, 0.3) is 6.48 Å². The molecule has 0 aromatic heterocycles. The smallest absolute Gasteiger partial charge is 0.271 e. The standard InChI is InChI=1S/C10H17F3O3/c1-8(2)9(13)7-16-10(14-5-3-11)15-6-4-12/h9-10H,1,3-7H2,2H3. The molecular weight excluding hydrogens is 225 g/mol. The minimum atomic E-state index is -1.36. The molecule has 0 N–H and O–H groups in total. The topological polar surface area (TPSA) is 27.7 Å². The van der Waals surface area contributed by atoms with Crippen LogP contribution < -0.4 is 0 Å². The molecule has 0 aromatic rings. The maximum Gasteiger partial charge on any atom is 0.271 e. The Labute approximate surface area is 93.2 Å². The van der Waals surface area contributed by atoms with Crippen LogP contribution in [-0.2, 0) is 14.2 Å². The van der Waals surface area contributed by atoms with Gasteiger partial charge in [0.05, 0.1) is 19.8 Å². The van der Waals surface area contributed by atoms with Gasteiger partial charge in [-0.2, -0.15) is 0 Å². The van der Waals surface area contributed by atoms with E-state index in [9.17, 15) is 13.2 Å². The van der Waals surface area contributed by atoms with Gasteiger partial charge in [0.2, 0.25) is 0 Å². The van der Waals surface area contributed by atoms with Crippen molar-refractivity contribution in [3.8, 4) is 0 Å². The summed E-state index contributed by atoms with van der Waals surface area (Å²) in [5, 5.41) is 0. The highest BCUT2D eigenvalue weighted by Gasteiger charge is 2.14. The first kappa shape index (κ1) is 15.4. The molecule has 16 heavy (non-hydrogen) atoms. The molecule has 0 rings (SSSR count). The van der Waals surface area contributed by atoms with Crippen molar-refractivity contribution in [3.63, 3.8) is 0 Å². The molecule has 0 amide bonds. The van der Waals surface area contributed by atoms with Gasteiger partial charge in [0.1, 0.15) is 19.5 Å². The summed E-state index contributed by atoms with van der Waals surface area (Å²) in [6.07, 6.45) is -1.36. The van der Waals surface area contributed by atoms with E-state index in [2.05, 4.69) is 6.58 Å². The fourth-order valence-corrected chi connectivity index (χ4v) is 0.731. The second kappa shape index (κ2) is 9.62.